The Labute approximate surface area is 266 Å². The van der Waals surface area contributed by atoms with Crippen molar-refractivity contribution in [3.8, 4) is 11.1 Å². The molecule has 0 aliphatic carbocycles. The second kappa shape index (κ2) is 13.5. The normalized spacial score (nSPS) is 12.4. The summed E-state index contributed by atoms with van der Waals surface area (Å²) in [6.07, 6.45) is -0.310. The number of methoxy groups -OCH3 is 1. The van der Waals surface area contributed by atoms with Gasteiger partial charge in [-0.05, 0) is 81.6 Å². The number of benzene rings is 2. The van der Waals surface area contributed by atoms with Crippen molar-refractivity contribution in [1.82, 2.24) is 10.1 Å². The molecule has 10 nitrogen and oxygen atoms in total. The molecule has 1 N–H and O–H groups in total. The maximum atomic E-state index is 13.5. The first kappa shape index (κ1) is 32.3. The number of esters is 1. The largest absolute Gasteiger partial charge is 0.462 e. The van der Waals surface area contributed by atoms with Gasteiger partial charge in [0.25, 0.3) is 10.0 Å². The molecule has 2 aromatic carbocycles. The summed E-state index contributed by atoms with van der Waals surface area (Å²) in [5, 5.41) is 4.70. The summed E-state index contributed by atoms with van der Waals surface area (Å²) in [4.78, 5) is 17.7. The average molecular weight is 650 g/mol. The summed E-state index contributed by atoms with van der Waals surface area (Å²) < 4.78 is 51.7. The number of hydrogen-bond donors (Lipinski definition) is 1. The molecule has 45 heavy (non-hydrogen) atoms. The van der Waals surface area contributed by atoms with Crippen LogP contribution in [0.2, 0.25) is 0 Å². The molecule has 0 aliphatic rings. The summed E-state index contributed by atoms with van der Waals surface area (Å²) in [5.74, 6) is 0.357. The highest BCUT2D eigenvalue weighted by molar-refractivity contribution is 7.94. The van der Waals surface area contributed by atoms with Crippen molar-refractivity contribution in [2.75, 3.05) is 18.4 Å². The molecule has 0 radical (unpaired) electrons. The fourth-order valence-electron chi connectivity index (χ4n) is 4.86. The first-order valence-corrected chi connectivity index (χ1v) is 16.7. The number of nitrogens with zero attached hydrogens (tertiary/aromatic N) is 2. The Bertz CT molecular complexity index is 1960. The van der Waals surface area contributed by atoms with Crippen molar-refractivity contribution < 1.29 is 31.9 Å². The van der Waals surface area contributed by atoms with Crippen molar-refractivity contribution in [3.63, 3.8) is 0 Å². The predicted molar refractivity (Wildman–Crippen MR) is 173 cm³/mol. The SMILES string of the molecule is CCOC(=O)c1ccc2nc(C(C)OCc3ccc(-c4cc(C)sc4S(=O)(=O)Nc4noc(C)c4C)c(COC)c3)ccc2c1. The van der Waals surface area contributed by atoms with Gasteiger partial charge in [0.1, 0.15) is 9.97 Å². The van der Waals surface area contributed by atoms with Crippen LogP contribution in [-0.4, -0.2) is 38.2 Å². The molecule has 0 fully saturated rings. The van der Waals surface area contributed by atoms with E-state index in [0.717, 1.165) is 38.2 Å². The number of nitrogens with one attached hydrogen (secondary N) is 1. The lowest BCUT2D eigenvalue weighted by atomic mass is 9.99. The van der Waals surface area contributed by atoms with E-state index in [-0.39, 0.29) is 28.7 Å². The minimum Gasteiger partial charge on any atom is -0.462 e. The van der Waals surface area contributed by atoms with Gasteiger partial charge in [0.05, 0.1) is 42.7 Å². The number of carbonyl (C=O) groups is 1. The number of rotatable bonds is 12. The zero-order chi connectivity index (χ0) is 32.3. The Kier molecular flexibility index (Phi) is 9.68. The van der Waals surface area contributed by atoms with Crippen LogP contribution in [-0.2, 0) is 37.4 Å². The van der Waals surface area contributed by atoms with Crippen LogP contribution < -0.4 is 4.72 Å². The molecule has 0 saturated heterocycles. The van der Waals surface area contributed by atoms with Crippen molar-refractivity contribution >= 4 is 44.1 Å². The van der Waals surface area contributed by atoms with Gasteiger partial charge in [-0.3, -0.25) is 9.71 Å². The van der Waals surface area contributed by atoms with E-state index in [1.54, 1.807) is 46.1 Å². The minimum atomic E-state index is -3.95. The molecule has 12 heteroatoms. The standard InChI is InChI=1S/C33H35N3O7S2/c1-7-41-32(37)25-10-13-30-24(16-25)9-12-29(34-30)22(5)42-17-23-8-11-27(26(15-23)18-40-6)28-14-19(2)44-33(28)45(38,39)36-31-20(3)21(4)43-35-31/h8-16,22H,7,17-18H2,1-6H3,(H,35,36). The van der Waals surface area contributed by atoms with E-state index < -0.39 is 10.0 Å². The number of sulfonamides is 1. The first-order valence-electron chi connectivity index (χ1n) is 14.4. The molecule has 0 bridgehead atoms. The Hall–Kier alpha value is -4.10. The van der Waals surface area contributed by atoms with E-state index in [1.807, 2.05) is 50.2 Å². The number of aryl methyl sites for hydroxylation is 2. The maximum absolute atomic E-state index is 13.5. The molecular weight excluding hydrogens is 615 g/mol. The molecule has 3 aromatic heterocycles. The highest BCUT2D eigenvalue weighted by atomic mass is 32.2. The number of aromatic nitrogens is 2. The van der Waals surface area contributed by atoms with Crippen LogP contribution >= 0.6 is 11.3 Å². The fraction of sp³-hybridized carbons (Fsp3) is 0.303. The van der Waals surface area contributed by atoms with Gasteiger partial charge < -0.3 is 18.7 Å². The van der Waals surface area contributed by atoms with Crippen LogP contribution in [0.3, 0.4) is 0 Å². The van der Waals surface area contributed by atoms with Gasteiger partial charge in [-0.25, -0.2) is 13.2 Å². The number of fused-ring (bicyclic) bond motifs is 1. The zero-order valence-electron chi connectivity index (χ0n) is 26.0. The second-order valence-corrected chi connectivity index (χ2v) is 13.8. The third-order valence-electron chi connectivity index (χ3n) is 7.35. The quantitative estimate of drug-likeness (QED) is 0.139. The number of pyridine rings is 1. The van der Waals surface area contributed by atoms with Crippen molar-refractivity contribution in [2.24, 2.45) is 0 Å². The van der Waals surface area contributed by atoms with Crippen LogP contribution in [0.1, 0.15) is 63.3 Å². The summed E-state index contributed by atoms with van der Waals surface area (Å²) in [5.41, 5.74) is 5.70. The molecule has 5 aromatic rings. The average Bonchev–Trinajstić information content (AvgIpc) is 3.57. The second-order valence-electron chi connectivity index (χ2n) is 10.6. The molecule has 0 saturated carbocycles. The van der Waals surface area contributed by atoms with Gasteiger partial charge in [-0.2, -0.15) is 0 Å². The lowest BCUT2D eigenvalue weighted by Crippen LogP contribution is -2.13. The molecule has 0 amide bonds. The third kappa shape index (κ3) is 7.09. The number of thiophene rings is 1. The Balaban J connectivity index is 1.35. The number of anilines is 1. The van der Waals surface area contributed by atoms with Crippen molar-refractivity contribution in [3.05, 3.63) is 93.2 Å². The molecule has 236 valence electrons. The van der Waals surface area contributed by atoms with Crippen molar-refractivity contribution in [2.45, 2.75) is 58.1 Å². The van der Waals surface area contributed by atoms with Gasteiger partial charge in [-0.15, -0.1) is 11.3 Å². The molecule has 1 unspecified atom stereocenters. The monoisotopic (exact) mass is 649 g/mol. The Morgan fingerprint density at radius 3 is 2.53 bits per heavy atom. The minimum absolute atomic E-state index is 0.172. The van der Waals surface area contributed by atoms with Crippen LogP contribution in [0.15, 0.2) is 63.3 Å². The van der Waals surface area contributed by atoms with Crippen LogP contribution in [0.25, 0.3) is 22.0 Å². The molecular formula is C33H35N3O7S2. The Morgan fingerprint density at radius 1 is 1.02 bits per heavy atom. The van der Waals surface area contributed by atoms with E-state index in [0.29, 0.717) is 35.7 Å². The Morgan fingerprint density at radius 2 is 1.82 bits per heavy atom. The molecule has 0 aliphatic heterocycles. The highest BCUT2D eigenvalue weighted by Gasteiger charge is 2.26. The molecule has 1 atom stereocenters. The van der Waals surface area contributed by atoms with Gasteiger partial charge in [-0.1, -0.05) is 29.4 Å². The molecule has 0 spiro atoms. The van der Waals surface area contributed by atoms with E-state index >= 15 is 0 Å². The van der Waals surface area contributed by atoms with Gasteiger partial charge in [0.2, 0.25) is 0 Å². The fourth-order valence-corrected chi connectivity index (χ4v) is 7.56. The molecule has 5 rings (SSSR count). The van der Waals surface area contributed by atoms with E-state index in [9.17, 15) is 13.2 Å². The molecule has 3 heterocycles. The van der Waals surface area contributed by atoms with E-state index in [1.165, 1.54) is 11.3 Å². The lowest BCUT2D eigenvalue weighted by Gasteiger charge is -2.16. The smallest absolute Gasteiger partial charge is 0.338 e. The summed E-state index contributed by atoms with van der Waals surface area (Å²) in [6.45, 7) is 9.96. The topological polar surface area (TPSA) is 130 Å². The van der Waals surface area contributed by atoms with Gasteiger partial charge in [0.15, 0.2) is 5.82 Å². The highest BCUT2D eigenvalue weighted by Crippen LogP contribution is 2.38. The van der Waals surface area contributed by atoms with Crippen molar-refractivity contribution in [1.29, 1.82) is 0 Å². The lowest BCUT2D eigenvalue weighted by molar-refractivity contribution is 0.0498. The number of carbonyl (C=O) groups excluding carboxylic acids is 1. The number of ether oxygens (including phenoxy) is 3. The van der Waals surface area contributed by atoms with Crippen LogP contribution in [0.5, 0.6) is 0 Å². The summed E-state index contributed by atoms with van der Waals surface area (Å²) in [6, 6.07) is 16.8. The van der Waals surface area contributed by atoms with Crippen LogP contribution in [0, 0.1) is 20.8 Å². The zero-order valence-corrected chi connectivity index (χ0v) is 27.6. The number of hydrogen-bond acceptors (Lipinski definition) is 10. The van der Waals surface area contributed by atoms with Crippen LogP contribution in [0.4, 0.5) is 5.82 Å². The summed E-state index contributed by atoms with van der Waals surface area (Å²) in [7, 11) is -2.35. The van der Waals surface area contributed by atoms with Gasteiger partial charge in [0, 0.05) is 28.5 Å². The predicted octanol–water partition coefficient (Wildman–Crippen LogP) is 7.28. The maximum Gasteiger partial charge on any atom is 0.338 e. The van der Waals surface area contributed by atoms with Gasteiger partial charge >= 0.3 is 5.97 Å². The van der Waals surface area contributed by atoms with E-state index in [2.05, 4.69) is 9.88 Å². The van der Waals surface area contributed by atoms with E-state index in [4.69, 9.17) is 23.7 Å². The third-order valence-corrected chi connectivity index (χ3v) is 10.3. The summed E-state index contributed by atoms with van der Waals surface area (Å²) >= 11 is 1.19. The first-order chi connectivity index (χ1) is 21.5.